The summed E-state index contributed by atoms with van der Waals surface area (Å²) in [6.07, 6.45) is 38.7. The summed E-state index contributed by atoms with van der Waals surface area (Å²) in [5, 5.41) is 10.0. The fourth-order valence-corrected chi connectivity index (χ4v) is 6.15. The maximum atomic E-state index is 12.0. The maximum absolute atomic E-state index is 12.0. The molecule has 1 N–H and O–H groups in total. The number of carbonyl (C=O) groups is 2. The van der Waals surface area contributed by atoms with Crippen LogP contribution in [-0.2, 0) is 19.1 Å². The van der Waals surface area contributed by atoms with Crippen molar-refractivity contribution in [3.63, 3.8) is 0 Å². The zero-order valence-electron chi connectivity index (χ0n) is 31.3. The van der Waals surface area contributed by atoms with E-state index in [0.717, 1.165) is 31.6 Å². The molecule has 5 heteroatoms. The highest BCUT2D eigenvalue weighted by Gasteiger charge is 2.12. The van der Waals surface area contributed by atoms with Gasteiger partial charge in [-0.2, -0.15) is 0 Å². The quantitative estimate of drug-likeness (QED) is 0.0534. The van der Waals surface area contributed by atoms with Gasteiger partial charge in [0, 0.05) is 12.8 Å². The summed E-state index contributed by atoms with van der Waals surface area (Å²) >= 11 is 0. The number of rotatable bonds is 37. The number of ether oxygens (including phenoxy) is 2. The molecule has 274 valence electrons. The molecule has 0 fully saturated rings. The minimum absolute atomic E-state index is 0.108. The maximum Gasteiger partial charge on any atom is 0.305 e. The van der Waals surface area contributed by atoms with E-state index in [1.165, 1.54) is 167 Å². The lowest BCUT2D eigenvalue weighted by Crippen LogP contribution is -2.25. The molecule has 0 aromatic heterocycles. The summed E-state index contributed by atoms with van der Waals surface area (Å²) in [6, 6.07) is 0. The van der Waals surface area contributed by atoms with E-state index in [4.69, 9.17) is 9.47 Å². The van der Waals surface area contributed by atoms with E-state index in [1.54, 1.807) is 0 Å². The number of hydrogen-bond donors (Lipinski definition) is 1. The average Bonchev–Trinajstić information content (AvgIpc) is 3.04. The third-order valence-electron chi connectivity index (χ3n) is 9.27. The van der Waals surface area contributed by atoms with Gasteiger partial charge in [0.15, 0.2) is 0 Å². The number of hydrogen-bond acceptors (Lipinski definition) is 5. The van der Waals surface area contributed by atoms with Crippen molar-refractivity contribution < 1.29 is 24.2 Å². The first kappa shape index (κ1) is 44.9. The van der Waals surface area contributed by atoms with Crippen molar-refractivity contribution in [1.29, 1.82) is 0 Å². The zero-order valence-corrected chi connectivity index (χ0v) is 31.3. The number of aliphatic hydroxyl groups excluding tert-OH is 1. The number of esters is 2. The van der Waals surface area contributed by atoms with E-state index in [2.05, 4.69) is 20.8 Å². The van der Waals surface area contributed by atoms with Crippen molar-refractivity contribution in [2.24, 2.45) is 5.92 Å². The van der Waals surface area contributed by atoms with Gasteiger partial charge in [-0.3, -0.25) is 9.59 Å². The lowest BCUT2D eigenvalue weighted by Gasteiger charge is -2.12. The fraction of sp³-hybridized carbons (Fsp3) is 0.951. The number of aliphatic hydroxyl groups is 1. The van der Waals surface area contributed by atoms with Crippen LogP contribution in [0.15, 0.2) is 0 Å². The third kappa shape index (κ3) is 37.4. The van der Waals surface area contributed by atoms with E-state index in [0.29, 0.717) is 12.8 Å². The number of carbonyl (C=O) groups excluding carboxylic acids is 2. The van der Waals surface area contributed by atoms with Crippen LogP contribution in [0.3, 0.4) is 0 Å². The van der Waals surface area contributed by atoms with Gasteiger partial charge >= 0.3 is 11.9 Å². The van der Waals surface area contributed by atoms with Crippen LogP contribution in [0.5, 0.6) is 0 Å². The van der Waals surface area contributed by atoms with Gasteiger partial charge in [0.1, 0.15) is 19.3 Å². The average molecular weight is 653 g/mol. The Labute approximate surface area is 287 Å². The van der Waals surface area contributed by atoms with Gasteiger partial charge in [0.2, 0.25) is 0 Å². The first-order valence-corrected chi connectivity index (χ1v) is 20.4. The molecular formula is C41H80O5. The van der Waals surface area contributed by atoms with E-state index in [-0.39, 0.29) is 25.2 Å². The molecule has 0 saturated heterocycles. The van der Waals surface area contributed by atoms with Gasteiger partial charge in [-0.25, -0.2) is 0 Å². The van der Waals surface area contributed by atoms with E-state index in [1.807, 2.05) is 0 Å². The molecule has 0 saturated carbocycles. The summed E-state index contributed by atoms with van der Waals surface area (Å²) in [5.74, 6) is 0.306. The lowest BCUT2D eigenvalue weighted by molar-refractivity contribution is -0.152. The molecule has 1 atom stereocenters. The lowest BCUT2D eigenvalue weighted by atomic mass is 10.0. The summed E-state index contributed by atoms with van der Waals surface area (Å²) in [7, 11) is 0. The predicted molar refractivity (Wildman–Crippen MR) is 196 cm³/mol. The van der Waals surface area contributed by atoms with Gasteiger partial charge in [0.05, 0.1) is 0 Å². The van der Waals surface area contributed by atoms with Gasteiger partial charge in [-0.15, -0.1) is 0 Å². The molecule has 0 spiro atoms. The van der Waals surface area contributed by atoms with Crippen LogP contribution in [0.2, 0.25) is 0 Å². The fourth-order valence-electron chi connectivity index (χ4n) is 6.15. The van der Waals surface area contributed by atoms with Crippen LogP contribution in [0.25, 0.3) is 0 Å². The van der Waals surface area contributed by atoms with Crippen molar-refractivity contribution in [1.82, 2.24) is 0 Å². The molecule has 0 amide bonds. The first-order chi connectivity index (χ1) is 22.5. The van der Waals surface area contributed by atoms with Crippen LogP contribution in [0.1, 0.15) is 226 Å². The molecule has 0 aromatic carbocycles. The molecule has 0 aliphatic carbocycles. The largest absolute Gasteiger partial charge is 0.463 e. The van der Waals surface area contributed by atoms with Crippen molar-refractivity contribution in [2.45, 2.75) is 232 Å². The third-order valence-corrected chi connectivity index (χ3v) is 9.27. The summed E-state index contributed by atoms with van der Waals surface area (Å²) < 4.78 is 10.3. The second kappa shape index (κ2) is 36.7. The van der Waals surface area contributed by atoms with Crippen LogP contribution in [0.4, 0.5) is 0 Å². The molecule has 0 bridgehead atoms. The van der Waals surface area contributed by atoms with Crippen LogP contribution < -0.4 is 0 Å². The van der Waals surface area contributed by atoms with Crippen molar-refractivity contribution in [2.75, 3.05) is 13.2 Å². The standard InChI is InChI=1S/C41H80O5/c1-4-5-6-7-8-9-10-11-16-19-22-25-28-31-34-40(43)45-36-39(42)37-46-41(44)35-32-29-26-23-20-17-14-12-13-15-18-21-24-27-30-33-38(2)3/h38-39,42H,4-37H2,1-3H3/t39-/m1/s1. The molecule has 0 radical (unpaired) electrons. The van der Waals surface area contributed by atoms with Crippen molar-refractivity contribution in [3.05, 3.63) is 0 Å². The van der Waals surface area contributed by atoms with Crippen LogP contribution in [0, 0.1) is 5.92 Å². The SMILES string of the molecule is CCCCCCCCCCCCCCCCC(=O)OC[C@@H](O)COC(=O)CCCCCCCCCCCCCCCCCC(C)C. The van der Waals surface area contributed by atoms with E-state index < -0.39 is 6.10 Å². The first-order valence-electron chi connectivity index (χ1n) is 20.4. The van der Waals surface area contributed by atoms with Gasteiger partial charge < -0.3 is 14.6 Å². The molecule has 0 heterocycles. The highest BCUT2D eigenvalue weighted by Crippen LogP contribution is 2.16. The van der Waals surface area contributed by atoms with Gasteiger partial charge in [-0.05, 0) is 18.8 Å². The summed E-state index contributed by atoms with van der Waals surface area (Å²) in [5.41, 5.74) is 0. The minimum atomic E-state index is -0.955. The molecule has 46 heavy (non-hydrogen) atoms. The second-order valence-corrected chi connectivity index (χ2v) is 14.6. The molecule has 5 nitrogen and oxygen atoms in total. The Balaban J connectivity index is 3.37. The number of unbranched alkanes of at least 4 members (excludes halogenated alkanes) is 27. The predicted octanol–water partition coefficient (Wildman–Crippen LogP) is 12.6. The summed E-state index contributed by atoms with van der Waals surface area (Å²) in [4.78, 5) is 23.9. The molecule has 0 aliphatic heterocycles. The van der Waals surface area contributed by atoms with Crippen LogP contribution in [-0.4, -0.2) is 36.4 Å². The second-order valence-electron chi connectivity index (χ2n) is 14.6. The minimum Gasteiger partial charge on any atom is -0.463 e. The van der Waals surface area contributed by atoms with E-state index in [9.17, 15) is 14.7 Å². The van der Waals surface area contributed by atoms with Crippen molar-refractivity contribution in [3.8, 4) is 0 Å². The van der Waals surface area contributed by atoms with E-state index >= 15 is 0 Å². The highest BCUT2D eigenvalue weighted by atomic mass is 16.6. The monoisotopic (exact) mass is 653 g/mol. The zero-order chi connectivity index (χ0) is 33.8. The molecule has 0 rings (SSSR count). The Morgan fingerprint density at radius 2 is 0.696 bits per heavy atom. The Kier molecular flexibility index (Phi) is 35.9. The smallest absolute Gasteiger partial charge is 0.305 e. The van der Waals surface area contributed by atoms with Crippen LogP contribution >= 0.6 is 0 Å². The molecule has 0 aromatic rings. The molecule has 0 aliphatic rings. The summed E-state index contributed by atoms with van der Waals surface area (Å²) in [6.45, 7) is 6.69. The Morgan fingerprint density at radius 3 is 0.978 bits per heavy atom. The van der Waals surface area contributed by atoms with Gasteiger partial charge in [0.25, 0.3) is 0 Å². The highest BCUT2D eigenvalue weighted by molar-refractivity contribution is 5.69. The normalized spacial score (nSPS) is 12.1. The van der Waals surface area contributed by atoms with Gasteiger partial charge in [-0.1, -0.05) is 201 Å². The Bertz CT molecular complexity index is 634. The molecule has 0 unspecified atom stereocenters. The van der Waals surface area contributed by atoms with Crippen molar-refractivity contribution >= 4 is 11.9 Å². The molecular weight excluding hydrogens is 572 g/mol. The topological polar surface area (TPSA) is 72.8 Å². The Morgan fingerprint density at radius 1 is 0.435 bits per heavy atom. The Hall–Kier alpha value is -1.10.